The molecule has 3 heterocycles. The smallest absolute Gasteiger partial charge is 0.419 e. The minimum Gasteiger partial charge on any atom is -0.475 e. The number of hydrogen-bond acceptors (Lipinski definition) is 8. The molecule has 0 atom stereocenters. The lowest BCUT2D eigenvalue weighted by Crippen LogP contribution is -2.27. The molecular weight excluding hydrogens is 462 g/mol. The Hall–Kier alpha value is -3.53. The fourth-order valence-corrected chi connectivity index (χ4v) is 3.78. The van der Waals surface area contributed by atoms with Gasteiger partial charge >= 0.3 is 6.09 Å². The van der Waals surface area contributed by atoms with Gasteiger partial charge in [-0.1, -0.05) is 12.1 Å². The quantitative estimate of drug-likeness (QED) is 0.323. The first kappa shape index (κ1) is 25.6. The van der Waals surface area contributed by atoms with Crippen LogP contribution in [0.25, 0.3) is 32.9 Å². The zero-order chi connectivity index (χ0) is 25.5. The van der Waals surface area contributed by atoms with Crippen molar-refractivity contribution < 1.29 is 28.8 Å². The van der Waals surface area contributed by atoms with Gasteiger partial charge in [0, 0.05) is 41.0 Å². The molecule has 0 fully saturated rings. The number of fused-ring (bicyclic) bond motifs is 3. The van der Waals surface area contributed by atoms with Gasteiger partial charge in [-0.2, -0.15) is 0 Å². The Morgan fingerprint density at radius 3 is 2.36 bits per heavy atom. The van der Waals surface area contributed by atoms with Gasteiger partial charge in [-0.25, -0.2) is 14.3 Å². The third-order valence-electron chi connectivity index (χ3n) is 5.30. The lowest BCUT2D eigenvalue weighted by molar-refractivity contribution is 0.0243. The van der Waals surface area contributed by atoms with E-state index in [4.69, 9.17) is 24.1 Å². The van der Waals surface area contributed by atoms with Crippen molar-refractivity contribution in [2.75, 3.05) is 39.6 Å². The normalized spacial score (nSPS) is 11.8. The van der Waals surface area contributed by atoms with E-state index in [-0.39, 0.29) is 6.61 Å². The number of carbonyl (C=O) groups is 1. The predicted octanol–water partition coefficient (Wildman–Crippen LogP) is 4.44. The Bertz CT molecular complexity index is 1310. The molecule has 190 valence electrons. The zero-order valence-corrected chi connectivity index (χ0v) is 20.8. The second-order valence-corrected chi connectivity index (χ2v) is 9.12. The Morgan fingerprint density at radius 1 is 0.889 bits per heavy atom. The molecule has 0 unspecified atom stereocenters. The fraction of sp³-hybridized carbons (Fsp3) is 0.370. The molecule has 0 radical (unpaired) electrons. The van der Waals surface area contributed by atoms with E-state index in [1.165, 1.54) is 0 Å². The number of carbonyl (C=O) groups excluding carboxylic acids is 1. The summed E-state index contributed by atoms with van der Waals surface area (Å²) in [6, 6.07) is 11.5. The van der Waals surface area contributed by atoms with Gasteiger partial charge in [0.25, 0.3) is 0 Å². The van der Waals surface area contributed by atoms with Gasteiger partial charge in [0.15, 0.2) is 0 Å². The molecule has 4 rings (SSSR count). The second-order valence-electron chi connectivity index (χ2n) is 9.12. The van der Waals surface area contributed by atoms with Gasteiger partial charge < -0.3 is 24.1 Å². The van der Waals surface area contributed by atoms with E-state index < -0.39 is 11.7 Å². The van der Waals surface area contributed by atoms with Crippen LogP contribution < -0.4 is 4.74 Å². The molecular formula is C27H31N3O6. The van der Waals surface area contributed by atoms with E-state index >= 15 is 0 Å². The number of ether oxygens (including phenoxy) is 4. The van der Waals surface area contributed by atoms with Crippen molar-refractivity contribution in [3.8, 4) is 17.0 Å². The lowest BCUT2D eigenvalue weighted by Gasteiger charge is -2.20. The maximum absolute atomic E-state index is 13.1. The maximum Gasteiger partial charge on any atom is 0.419 e. The van der Waals surface area contributed by atoms with Crippen LogP contribution in [0, 0.1) is 0 Å². The molecule has 3 aromatic heterocycles. The molecule has 1 aromatic carbocycles. The first-order valence-corrected chi connectivity index (χ1v) is 11.8. The van der Waals surface area contributed by atoms with E-state index in [0.717, 1.165) is 32.9 Å². The van der Waals surface area contributed by atoms with Gasteiger partial charge in [-0.05, 0) is 44.5 Å². The molecule has 0 aliphatic rings. The summed E-state index contributed by atoms with van der Waals surface area (Å²) >= 11 is 0. The van der Waals surface area contributed by atoms with E-state index in [1.54, 1.807) is 29.2 Å². The van der Waals surface area contributed by atoms with Crippen LogP contribution in [-0.4, -0.2) is 71.0 Å². The average Bonchev–Trinajstić information content (AvgIpc) is 3.19. The highest BCUT2D eigenvalue weighted by Crippen LogP contribution is 2.32. The summed E-state index contributed by atoms with van der Waals surface area (Å²) in [6.07, 6.45) is 4.73. The summed E-state index contributed by atoms with van der Waals surface area (Å²) < 4.78 is 23.5. The lowest BCUT2D eigenvalue weighted by atomic mass is 10.1. The average molecular weight is 494 g/mol. The van der Waals surface area contributed by atoms with Gasteiger partial charge in [0.2, 0.25) is 5.88 Å². The molecule has 4 aromatic rings. The van der Waals surface area contributed by atoms with E-state index in [0.29, 0.717) is 38.9 Å². The molecule has 0 spiro atoms. The largest absolute Gasteiger partial charge is 0.475 e. The summed E-state index contributed by atoms with van der Waals surface area (Å²) in [5.41, 5.74) is 2.66. The Balaban J connectivity index is 1.50. The Kier molecular flexibility index (Phi) is 8.14. The number of nitrogens with zero attached hydrogens (tertiary/aromatic N) is 3. The van der Waals surface area contributed by atoms with Crippen LogP contribution in [0.4, 0.5) is 4.79 Å². The summed E-state index contributed by atoms with van der Waals surface area (Å²) in [7, 11) is 0. The van der Waals surface area contributed by atoms with Crippen LogP contribution in [0.2, 0.25) is 0 Å². The maximum atomic E-state index is 13.1. The van der Waals surface area contributed by atoms with Crippen molar-refractivity contribution in [3.63, 3.8) is 0 Å². The summed E-state index contributed by atoms with van der Waals surface area (Å²) in [4.78, 5) is 21.8. The van der Waals surface area contributed by atoms with E-state index in [1.807, 2.05) is 51.1 Å². The number of pyridine rings is 2. The minimum absolute atomic E-state index is 0.00333. The van der Waals surface area contributed by atoms with Gasteiger partial charge in [0.05, 0.1) is 44.1 Å². The summed E-state index contributed by atoms with van der Waals surface area (Å²) in [5.74, 6) is 0.494. The number of aromatic nitrogens is 3. The minimum atomic E-state index is -0.622. The molecule has 9 heteroatoms. The van der Waals surface area contributed by atoms with Crippen LogP contribution >= 0.6 is 0 Å². The molecule has 0 aliphatic heterocycles. The first-order chi connectivity index (χ1) is 17.4. The monoisotopic (exact) mass is 493 g/mol. The topological polar surface area (TPSA) is 105 Å². The highest BCUT2D eigenvalue weighted by Gasteiger charge is 2.22. The number of aliphatic hydroxyl groups is 1. The van der Waals surface area contributed by atoms with Crippen LogP contribution in [0.1, 0.15) is 20.8 Å². The predicted molar refractivity (Wildman–Crippen MR) is 136 cm³/mol. The first-order valence-electron chi connectivity index (χ1n) is 11.8. The molecule has 0 saturated heterocycles. The zero-order valence-electron chi connectivity index (χ0n) is 20.8. The third-order valence-corrected chi connectivity index (χ3v) is 5.30. The van der Waals surface area contributed by atoms with Crippen molar-refractivity contribution in [1.29, 1.82) is 0 Å². The molecule has 1 N–H and O–H groups in total. The molecule has 0 aliphatic carbocycles. The Morgan fingerprint density at radius 2 is 1.64 bits per heavy atom. The highest BCUT2D eigenvalue weighted by atomic mass is 16.6. The SMILES string of the molecule is CC(C)(C)OC(=O)n1c2ccncc2c2ccc(-c3ccc(OCCOCCOCCO)nc3)cc21. The molecule has 0 saturated carbocycles. The second kappa shape index (κ2) is 11.5. The van der Waals surface area contributed by atoms with Gasteiger partial charge in [0.1, 0.15) is 12.2 Å². The number of hydrogen-bond donors (Lipinski definition) is 1. The summed E-state index contributed by atoms with van der Waals surface area (Å²) in [5, 5.41) is 10.5. The number of benzene rings is 1. The highest BCUT2D eigenvalue weighted by molar-refractivity contribution is 6.13. The van der Waals surface area contributed by atoms with Crippen LogP contribution in [0.5, 0.6) is 5.88 Å². The molecule has 0 bridgehead atoms. The number of rotatable bonds is 10. The van der Waals surface area contributed by atoms with Crippen molar-refractivity contribution in [2.45, 2.75) is 26.4 Å². The fourth-order valence-electron chi connectivity index (χ4n) is 3.78. The Labute approximate surface area is 209 Å². The summed E-state index contributed by atoms with van der Waals surface area (Å²) in [6.45, 7) is 7.50. The van der Waals surface area contributed by atoms with Gasteiger partial charge in [-0.3, -0.25) is 4.98 Å². The van der Waals surface area contributed by atoms with Crippen molar-refractivity contribution in [3.05, 3.63) is 55.0 Å². The van der Waals surface area contributed by atoms with Crippen LogP contribution in [0.15, 0.2) is 55.0 Å². The number of aliphatic hydroxyl groups excluding tert-OH is 1. The van der Waals surface area contributed by atoms with Crippen molar-refractivity contribution >= 4 is 27.9 Å². The van der Waals surface area contributed by atoms with Crippen molar-refractivity contribution in [2.24, 2.45) is 0 Å². The molecule has 9 nitrogen and oxygen atoms in total. The van der Waals surface area contributed by atoms with Crippen LogP contribution in [-0.2, 0) is 14.2 Å². The van der Waals surface area contributed by atoms with Gasteiger partial charge in [-0.15, -0.1) is 0 Å². The van der Waals surface area contributed by atoms with E-state index in [9.17, 15) is 4.79 Å². The van der Waals surface area contributed by atoms with E-state index in [2.05, 4.69) is 9.97 Å². The standard InChI is InChI=1S/C27H31N3O6/c1-27(2,3)36-26(32)30-23-8-9-28-18-22(23)21-6-4-19(16-24(21)30)20-5-7-25(29-17-20)35-15-14-34-13-12-33-11-10-31/h4-9,16-18,31H,10-15H2,1-3H3. The molecule has 36 heavy (non-hydrogen) atoms. The van der Waals surface area contributed by atoms with Crippen LogP contribution in [0.3, 0.4) is 0 Å². The third kappa shape index (κ3) is 6.17. The van der Waals surface area contributed by atoms with Crippen molar-refractivity contribution in [1.82, 2.24) is 14.5 Å². The molecule has 0 amide bonds.